The highest BCUT2D eigenvalue weighted by Crippen LogP contribution is 2.33. The predicted molar refractivity (Wildman–Crippen MR) is 105 cm³/mol. The number of benzene rings is 2. The van der Waals surface area contributed by atoms with Gasteiger partial charge in [0.05, 0.1) is 17.6 Å². The van der Waals surface area contributed by atoms with Gasteiger partial charge in [-0.25, -0.2) is 4.68 Å². The van der Waals surface area contributed by atoms with Crippen molar-refractivity contribution in [3.05, 3.63) is 84.8 Å². The van der Waals surface area contributed by atoms with Gasteiger partial charge in [-0.3, -0.25) is 9.78 Å². The zero-order chi connectivity index (χ0) is 19.5. The van der Waals surface area contributed by atoms with E-state index in [1.54, 1.807) is 65.6 Å². The lowest BCUT2D eigenvalue weighted by atomic mass is 10.1. The van der Waals surface area contributed by atoms with Gasteiger partial charge in [-0.1, -0.05) is 12.1 Å². The number of carbonyl (C=O) groups is 1. The molecule has 0 saturated carbocycles. The first-order valence-corrected chi connectivity index (χ1v) is 8.51. The lowest BCUT2D eigenvalue weighted by molar-refractivity contribution is 0.102. The van der Waals surface area contributed by atoms with Gasteiger partial charge in [-0.15, -0.1) is 0 Å². The number of amides is 1. The summed E-state index contributed by atoms with van der Waals surface area (Å²) in [6, 6.07) is 18.4. The maximum Gasteiger partial charge on any atom is 0.274 e. The number of hydrogen-bond donors (Lipinski definition) is 3. The van der Waals surface area contributed by atoms with Crippen molar-refractivity contribution in [2.45, 2.75) is 0 Å². The van der Waals surface area contributed by atoms with Gasteiger partial charge in [0.2, 0.25) is 0 Å². The summed E-state index contributed by atoms with van der Waals surface area (Å²) in [6.45, 7) is 0. The van der Waals surface area contributed by atoms with Crippen molar-refractivity contribution in [1.82, 2.24) is 14.8 Å². The van der Waals surface area contributed by atoms with Crippen LogP contribution in [-0.4, -0.2) is 30.9 Å². The van der Waals surface area contributed by atoms with Crippen molar-refractivity contribution in [2.24, 2.45) is 0 Å². The summed E-state index contributed by atoms with van der Waals surface area (Å²) in [5.74, 6) is -0.387. The number of anilines is 1. The van der Waals surface area contributed by atoms with Crippen LogP contribution in [0.1, 0.15) is 10.5 Å². The Balaban J connectivity index is 1.66. The molecule has 7 heteroatoms. The highest BCUT2D eigenvalue weighted by Gasteiger charge is 2.13. The second-order valence-electron chi connectivity index (χ2n) is 6.05. The SMILES string of the molecule is O=C(Nc1cccc(-n2nccc2-c2ccc(O)cc2O)c1)c1ccccn1. The van der Waals surface area contributed by atoms with E-state index in [0.717, 1.165) is 0 Å². The molecule has 28 heavy (non-hydrogen) atoms. The number of rotatable bonds is 4. The van der Waals surface area contributed by atoms with Gasteiger partial charge in [-0.2, -0.15) is 5.10 Å². The van der Waals surface area contributed by atoms with Gasteiger partial charge < -0.3 is 15.5 Å². The van der Waals surface area contributed by atoms with E-state index in [0.29, 0.717) is 28.3 Å². The zero-order valence-corrected chi connectivity index (χ0v) is 14.6. The first-order chi connectivity index (χ1) is 13.6. The predicted octanol–water partition coefficient (Wildman–Crippen LogP) is 3.60. The maximum absolute atomic E-state index is 12.3. The molecule has 2 aromatic heterocycles. The summed E-state index contributed by atoms with van der Waals surface area (Å²) in [5.41, 5.74) is 2.78. The lowest BCUT2D eigenvalue weighted by Gasteiger charge is -2.11. The normalized spacial score (nSPS) is 10.6. The van der Waals surface area contributed by atoms with Gasteiger partial charge in [0.25, 0.3) is 5.91 Å². The number of pyridine rings is 1. The average molecular weight is 372 g/mol. The highest BCUT2D eigenvalue weighted by molar-refractivity contribution is 6.02. The van der Waals surface area contributed by atoms with E-state index in [2.05, 4.69) is 15.4 Å². The van der Waals surface area contributed by atoms with Crippen LogP contribution in [0.25, 0.3) is 16.9 Å². The lowest BCUT2D eigenvalue weighted by Crippen LogP contribution is -2.13. The Kier molecular flexibility index (Phi) is 4.47. The molecule has 2 heterocycles. The van der Waals surface area contributed by atoms with Crippen LogP contribution >= 0.6 is 0 Å². The van der Waals surface area contributed by atoms with E-state index in [1.807, 2.05) is 6.07 Å². The molecule has 0 saturated heterocycles. The van der Waals surface area contributed by atoms with Crippen molar-refractivity contribution in [3.8, 4) is 28.4 Å². The molecule has 0 bridgehead atoms. The van der Waals surface area contributed by atoms with Crippen LogP contribution in [0.2, 0.25) is 0 Å². The average Bonchev–Trinajstić information content (AvgIpc) is 3.18. The molecule has 0 unspecified atom stereocenters. The van der Waals surface area contributed by atoms with E-state index in [4.69, 9.17) is 0 Å². The minimum Gasteiger partial charge on any atom is -0.508 e. The van der Waals surface area contributed by atoms with Gasteiger partial charge >= 0.3 is 0 Å². The van der Waals surface area contributed by atoms with Crippen molar-refractivity contribution >= 4 is 11.6 Å². The van der Waals surface area contributed by atoms with E-state index in [1.165, 1.54) is 12.1 Å². The molecule has 0 atom stereocenters. The number of nitrogens with one attached hydrogen (secondary N) is 1. The summed E-state index contributed by atoms with van der Waals surface area (Å²) < 4.78 is 1.64. The minimum atomic E-state index is -0.311. The molecule has 138 valence electrons. The van der Waals surface area contributed by atoms with E-state index >= 15 is 0 Å². The Morgan fingerprint density at radius 2 is 1.82 bits per heavy atom. The number of carbonyl (C=O) groups excluding carboxylic acids is 1. The second kappa shape index (κ2) is 7.24. The number of nitrogens with zero attached hydrogens (tertiary/aromatic N) is 3. The summed E-state index contributed by atoms with van der Waals surface area (Å²) in [6.07, 6.45) is 3.17. The first kappa shape index (κ1) is 17.3. The van der Waals surface area contributed by atoms with Crippen LogP contribution < -0.4 is 5.32 Å². The van der Waals surface area contributed by atoms with Crippen molar-refractivity contribution in [2.75, 3.05) is 5.32 Å². The molecule has 0 aliphatic heterocycles. The van der Waals surface area contributed by atoms with Crippen LogP contribution in [0, 0.1) is 0 Å². The molecule has 0 fully saturated rings. The Labute approximate surface area is 160 Å². The molecule has 7 nitrogen and oxygen atoms in total. The standard InChI is InChI=1S/C21H16N4O3/c26-16-7-8-17(20(27)13-16)19-9-11-23-25(19)15-5-3-4-14(12-15)24-21(28)18-6-1-2-10-22-18/h1-13,26-27H,(H,24,28). The third-order valence-corrected chi connectivity index (χ3v) is 4.15. The van der Waals surface area contributed by atoms with Crippen LogP contribution in [0.15, 0.2) is 79.1 Å². The van der Waals surface area contributed by atoms with Crippen LogP contribution in [0.4, 0.5) is 5.69 Å². The Bertz CT molecular complexity index is 1140. The molecule has 2 aromatic carbocycles. The Morgan fingerprint density at radius 1 is 0.929 bits per heavy atom. The topological polar surface area (TPSA) is 100 Å². The van der Waals surface area contributed by atoms with Crippen LogP contribution in [-0.2, 0) is 0 Å². The molecule has 0 radical (unpaired) electrons. The Hall–Kier alpha value is -4.13. The van der Waals surface area contributed by atoms with Gasteiger partial charge in [0.1, 0.15) is 17.2 Å². The van der Waals surface area contributed by atoms with E-state index in [9.17, 15) is 15.0 Å². The third-order valence-electron chi connectivity index (χ3n) is 4.15. The molecular weight excluding hydrogens is 356 g/mol. The maximum atomic E-state index is 12.3. The van der Waals surface area contributed by atoms with Gasteiger partial charge in [0.15, 0.2) is 0 Å². The number of aromatic nitrogens is 3. The highest BCUT2D eigenvalue weighted by atomic mass is 16.3. The van der Waals surface area contributed by atoms with E-state index < -0.39 is 0 Å². The van der Waals surface area contributed by atoms with Gasteiger partial charge in [-0.05, 0) is 48.5 Å². The third kappa shape index (κ3) is 3.41. The second-order valence-corrected chi connectivity index (χ2v) is 6.05. The largest absolute Gasteiger partial charge is 0.508 e. The quantitative estimate of drug-likeness (QED) is 0.508. The molecule has 0 spiro atoms. The molecule has 1 amide bonds. The monoisotopic (exact) mass is 372 g/mol. The number of phenolic OH excluding ortho intramolecular Hbond substituents is 2. The summed E-state index contributed by atoms with van der Waals surface area (Å²) in [5, 5.41) is 26.8. The van der Waals surface area contributed by atoms with Gasteiger partial charge in [0, 0.05) is 23.5 Å². The fourth-order valence-corrected chi connectivity index (χ4v) is 2.86. The smallest absolute Gasteiger partial charge is 0.274 e. The molecule has 3 N–H and O–H groups in total. The summed E-state index contributed by atoms with van der Waals surface area (Å²) in [7, 11) is 0. The molecule has 4 rings (SSSR count). The molecule has 4 aromatic rings. The van der Waals surface area contributed by atoms with Crippen LogP contribution in [0.3, 0.4) is 0 Å². The Morgan fingerprint density at radius 3 is 2.61 bits per heavy atom. The first-order valence-electron chi connectivity index (χ1n) is 8.51. The number of hydrogen-bond acceptors (Lipinski definition) is 5. The molecular formula is C21H16N4O3. The zero-order valence-electron chi connectivity index (χ0n) is 14.6. The van der Waals surface area contributed by atoms with Crippen LogP contribution in [0.5, 0.6) is 11.5 Å². The van der Waals surface area contributed by atoms with Crippen molar-refractivity contribution in [3.63, 3.8) is 0 Å². The molecule has 0 aliphatic rings. The fourth-order valence-electron chi connectivity index (χ4n) is 2.86. The summed E-state index contributed by atoms with van der Waals surface area (Å²) in [4.78, 5) is 16.4. The summed E-state index contributed by atoms with van der Waals surface area (Å²) >= 11 is 0. The minimum absolute atomic E-state index is 0.0217. The molecule has 0 aliphatic carbocycles. The number of phenols is 2. The van der Waals surface area contributed by atoms with Crippen molar-refractivity contribution in [1.29, 1.82) is 0 Å². The fraction of sp³-hybridized carbons (Fsp3) is 0. The van der Waals surface area contributed by atoms with Crippen molar-refractivity contribution < 1.29 is 15.0 Å². The number of aromatic hydroxyl groups is 2. The van der Waals surface area contributed by atoms with E-state index in [-0.39, 0.29) is 17.4 Å².